The zero-order valence-corrected chi connectivity index (χ0v) is 13.6. The van der Waals surface area contributed by atoms with E-state index in [9.17, 15) is 9.50 Å². The Bertz CT molecular complexity index is 563. The molecule has 0 aliphatic heterocycles. The summed E-state index contributed by atoms with van der Waals surface area (Å²) in [6.07, 6.45) is -0.410. The van der Waals surface area contributed by atoms with Crippen LogP contribution >= 0.6 is 43.5 Å². The van der Waals surface area contributed by atoms with Crippen molar-refractivity contribution in [3.8, 4) is 0 Å². The van der Waals surface area contributed by atoms with Gasteiger partial charge >= 0.3 is 0 Å². The Balaban J connectivity index is 2.22. The van der Waals surface area contributed by atoms with E-state index in [4.69, 9.17) is 11.6 Å². The monoisotopic (exact) mass is 406 g/mol. The molecule has 2 rings (SSSR count). The molecule has 0 amide bonds. The second kappa shape index (κ2) is 6.35. The number of hydrogen-bond acceptors (Lipinski definition) is 1. The third kappa shape index (κ3) is 4.28. The largest absolute Gasteiger partial charge is 0.388 e. The first-order valence-electron chi connectivity index (χ1n) is 5.53. The van der Waals surface area contributed by atoms with E-state index in [1.807, 2.05) is 0 Å². The van der Waals surface area contributed by atoms with Gasteiger partial charge in [0.15, 0.2) is 0 Å². The summed E-state index contributed by atoms with van der Waals surface area (Å²) in [7, 11) is 0. The quantitative estimate of drug-likeness (QED) is 0.733. The van der Waals surface area contributed by atoms with Gasteiger partial charge in [-0.05, 0) is 47.5 Å². The molecular formula is C14H10Br2ClFO. The molecule has 2 aromatic carbocycles. The van der Waals surface area contributed by atoms with Crippen LogP contribution in [0, 0.1) is 5.82 Å². The van der Waals surface area contributed by atoms with E-state index in [0.717, 1.165) is 10.0 Å². The molecule has 100 valence electrons. The summed E-state index contributed by atoms with van der Waals surface area (Å²) in [5, 5.41) is 10.7. The maximum atomic E-state index is 13.3. The molecule has 0 radical (unpaired) electrons. The van der Waals surface area contributed by atoms with E-state index >= 15 is 0 Å². The first-order valence-corrected chi connectivity index (χ1v) is 7.49. The van der Waals surface area contributed by atoms with Crippen LogP contribution in [0.3, 0.4) is 0 Å². The number of rotatable bonds is 3. The van der Waals surface area contributed by atoms with Crippen molar-refractivity contribution in [2.24, 2.45) is 0 Å². The average Bonchev–Trinajstić information content (AvgIpc) is 2.25. The van der Waals surface area contributed by atoms with Crippen LogP contribution in [0.25, 0.3) is 0 Å². The molecule has 0 saturated heterocycles. The fourth-order valence-corrected chi connectivity index (χ4v) is 3.24. The van der Waals surface area contributed by atoms with Crippen LogP contribution in [0.15, 0.2) is 45.3 Å². The van der Waals surface area contributed by atoms with E-state index in [1.54, 1.807) is 24.3 Å². The molecule has 0 heterocycles. The number of benzene rings is 2. The van der Waals surface area contributed by atoms with Crippen molar-refractivity contribution >= 4 is 43.5 Å². The SMILES string of the molecule is OC(Cc1cc(F)cc(Br)c1)c1cc(Cl)cc(Br)c1. The molecule has 1 nitrogen and oxygen atoms in total. The first-order chi connectivity index (χ1) is 8.94. The number of aliphatic hydroxyl groups excluding tert-OH is 1. The van der Waals surface area contributed by atoms with Crippen LogP contribution in [-0.2, 0) is 6.42 Å². The summed E-state index contributed by atoms with van der Waals surface area (Å²) in [4.78, 5) is 0. The molecule has 1 atom stereocenters. The van der Waals surface area contributed by atoms with Gasteiger partial charge in [-0.1, -0.05) is 43.5 Å². The molecule has 0 aliphatic carbocycles. The summed E-state index contributed by atoms with van der Waals surface area (Å²) in [5.74, 6) is -0.330. The van der Waals surface area contributed by atoms with Crippen molar-refractivity contribution in [2.75, 3.05) is 0 Å². The maximum absolute atomic E-state index is 13.3. The second-order valence-corrected chi connectivity index (χ2v) is 6.47. The lowest BCUT2D eigenvalue weighted by atomic mass is 10.0. The van der Waals surface area contributed by atoms with Gasteiger partial charge in [0.1, 0.15) is 5.82 Å². The fraction of sp³-hybridized carbons (Fsp3) is 0.143. The summed E-state index contributed by atoms with van der Waals surface area (Å²) in [5.41, 5.74) is 1.41. The van der Waals surface area contributed by atoms with Gasteiger partial charge in [0.05, 0.1) is 6.10 Å². The highest BCUT2D eigenvalue weighted by Crippen LogP contribution is 2.27. The van der Waals surface area contributed by atoms with Crippen molar-refractivity contribution < 1.29 is 9.50 Å². The van der Waals surface area contributed by atoms with Crippen LogP contribution in [0.4, 0.5) is 4.39 Å². The maximum Gasteiger partial charge on any atom is 0.124 e. The standard InChI is InChI=1S/C14H10Br2ClFO/c15-10-1-8(2-13(18)7-10)3-14(19)9-4-11(16)6-12(17)5-9/h1-2,4-7,14,19H,3H2. The molecule has 0 bridgehead atoms. The predicted octanol–water partition coefficient (Wildman–Crippen LogP) is 5.28. The first kappa shape index (κ1) is 15.0. The van der Waals surface area contributed by atoms with Gasteiger partial charge < -0.3 is 5.11 Å². The Labute approximate surface area is 132 Å². The topological polar surface area (TPSA) is 20.2 Å². The highest BCUT2D eigenvalue weighted by atomic mass is 79.9. The molecule has 0 saturated carbocycles. The molecule has 1 N–H and O–H groups in total. The highest BCUT2D eigenvalue weighted by Gasteiger charge is 2.11. The van der Waals surface area contributed by atoms with Crippen LogP contribution in [0.2, 0.25) is 5.02 Å². The summed E-state index contributed by atoms with van der Waals surface area (Å²) >= 11 is 12.5. The number of aliphatic hydroxyl groups is 1. The third-order valence-corrected chi connectivity index (χ3v) is 3.75. The second-order valence-electron chi connectivity index (χ2n) is 4.20. The van der Waals surface area contributed by atoms with Gasteiger partial charge in [0, 0.05) is 20.4 Å². The van der Waals surface area contributed by atoms with Crippen molar-refractivity contribution in [3.05, 3.63) is 67.3 Å². The summed E-state index contributed by atoms with van der Waals surface area (Å²) in [6, 6.07) is 9.82. The Kier molecular flexibility index (Phi) is 5.01. The van der Waals surface area contributed by atoms with E-state index < -0.39 is 6.10 Å². The zero-order valence-electron chi connectivity index (χ0n) is 9.71. The van der Waals surface area contributed by atoms with Gasteiger partial charge in [-0.15, -0.1) is 0 Å². The molecule has 2 aromatic rings. The minimum absolute atomic E-state index is 0.323. The van der Waals surface area contributed by atoms with Crippen molar-refractivity contribution in [1.82, 2.24) is 0 Å². The minimum atomic E-state index is -0.733. The van der Waals surface area contributed by atoms with Gasteiger partial charge in [0.25, 0.3) is 0 Å². The van der Waals surface area contributed by atoms with Gasteiger partial charge in [-0.3, -0.25) is 0 Å². The van der Waals surface area contributed by atoms with E-state index in [1.165, 1.54) is 12.1 Å². The molecule has 0 aromatic heterocycles. The van der Waals surface area contributed by atoms with Crippen molar-refractivity contribution in [2.45, 2.75) is 12.5 Å². The lowest BCUT2D eigenvalue weighted by Gasteiger charge is -2.12. The number of halogens is 4. The molecule has 0 aliphatic rings. The van der Waals surface area contributed by atoms with E-state index in [-0.39, 0.29) is 5.82 Å². The third-order valence-electron chi connectivity index (χ3n) is 2.62. The Morgan fingerprint density at radius 3 is 2.37 bits per heavy atom. The van der Waals surface area contributed by atoms with Gasteiger partial charge in [-0.25, -0.2) is 4.39 Å². The van der Waals surface area contributed by atoms with Crippen LogP contribution < -0.4 is 0 Å². The lowest BCUT2D eigenvalue weighted by Crippen LogP contribution is -2.02. The summed E-state index contributed by atoms with van der Waals surface area (Å²) < 4.78 is 14.7. The van der Waals surface area contributed by atoms with E-state index in [2.05, 4.69) is 31.9 Å². The van der Waals surface area contributed by atoms with Crippen LogP contribution in [-0.4, -0.2) is 5.11 Å². The number of hydrogen-bond donors (Lipinski definition) is 1. The molecule has 0 spiro atoms. The Morgan fingerprint density at radius 1 is 1.05 bits per heavy atom. The van der Waals surface area contributed by atoms with Crippen LogP contribution in [0.5, 0.6) is 0 Å². The molecule has 1 unspecified atom stereocenters. The van der Waals surface area contributed by atoms with Gasteiger partial charge in [0.2, 0.25) is 0 Å². The molecular weight excluding hydrogens is 398 g/mol. The average molecular weight is 408 g/mol. The normalized spacial score (nSPS) is 12.5. The Hall–Kier alpha value is -0.420. The minimum Gasteiger partial charge on any atom is -0.388 e. The Morgan fingerprint density at radius 2 is 1.74 bits per heavy atom. The van der Waals surface area contributed by atoms with Crippen molar-refractivity contribution in [1.29, 1.82) is 0 Å². The van der Waals surface area contributed by atoms with Gasteiger partial charge in [-0.2, -0.15) is 0 Å². The molecule has 19 heavy (non-hydrogen) atoms. The molecule has 5 heteroatoms. The smallest absolute Gasteiger partial charge is 0.124 e. The summed E-state index contributed by atoms with van der Waals surface area (Å²) in [6.45, 7) is 0. The molecule has 0 fully saturated rings. The van der Waals surface area contributed by atoms with Crippen molar-refractivity contribution in [3.63, 3.8) is 0 Å². The predicted molar refractivity (Wildman–Crippen MR) is 81.9 cm³/mol. The lowest BCUT2D eigenvalue weighted by molar-refractivity contribution is 0.178. The highest BCUT2D eigenvalue weighted by molar-refractivity contribution is 9.10. The fourth-order valence-electron chi connectivity index (χ4n) is 1.84. The van der Waals surface area contributed by atoms with E-state index in [0.29, 0.717) is 21.5 Å². The zero-order chi connectivity index (χ0) is 14.0. The van der Waals surface area contributed by atoms with Crippen LogP contribution in [0.1, 0.15) is 17.2 Å².